The standard InChI is InChI=1S/C19H32N2O2/c1-8-15-9-11-16(12-10-15)14(2)20-13-19(6,7)21-17(22)23-18(3,4)5/h9-12,14,20H,8,13H2,1-7H3,(H,21,22). The molecule has 0 aliphatic carbocycles. The fraction of sp³-hybridized carbons (Fsp3) is 0.632. The van der Waals surface area contributed by atoms with Gasteiger partial charge in [0.25, 0.3) is 0 Å². The molecule has 0 heterocycles. The number of aryl methyl sites for hydroxylation is 1. The van der Waals surface area contributed by atoms with Gasteiger partial charge in [-0.25, -0.2) is 4.79 Å². The average molecular weight is 320 g/mol. The summed E-state index contributed by atoms with van der Waals surface area (Å²) in [4.78, 5) is 11.9. The van der Waals surface area contributed by atoms with Crippen molar-refractivity contribution in [2.45, 2.75) is 72.1 Å². The predicted molar refractivity (Wildman–Crippen MR) is 95.7 cm³/mol. The van der Waals surface area contributed by atoms with E-state index in [1.807, 2.05) is 34.6 Å². The summed E-state index contributed by atoms with van der Waals surface area (Å²) in [6, 6.07) is 8.87. The molecule has 4 heteroatoms. The first kappa shape index (κ1) is 19.5. The molecule has 1 rings (SSSR count). The number of nitrogens with one attached hydrogen (secondary N) is 2. The van der Waals surface area contributed by atoms with Crippen LogP contribution >= 0.6 is 0 Å². The van der Waals surface area contributed by atoms with Crippen LogP contribution in [0.15, 0.2) is 24.3 Å². The maximum Gasteiger partial charge on any atom is 0.408 e. The molecule has 1 aromatic carbocycles. The van der Waals surface area contributed by atoms with Gasteiger partial charge < -0.3 is 15.4 Å². The van der Waals surface area contributed by atoms with Crippen LogP contribution in [-0.2, 0) is 11.2 Å². The highest BCUT2D eigenvalue weighted by atomic mass is 16.6. The molecule has 0 radical (unpaired) electrons. The monoisotopic (exact) mass is 320 g/mol. The first-order chi connectivity index (χ1) is 10.5. The van der Waals surface area contributed by atoms with Gasteiger partial charge in [-0.3, -0.25) is 0 Å². The molecule has 1 atom stereocenters. The van der Waals surface area contributed by atoms with E-state index in [9.17, 15) is 4.79 Å². The lowest BCUT2D eigenvalue weighted by atomic mass is 10.0. The second kappa shape index (κ2) is 7.82. The van der Waals surface area contributed by atoms with Crippen molar-refractivity contribution in [2.24, 2.45) is 0 Å². The van der Waals surface area contributed by atoms with Crippen molar-refractivity contribution in [2.75, 3.05) is 6.54 Å². The van der Waals surface area contributed by atoms with Crippen molar-refractivity contribution in [1.82, 2.24) is 10.6 Å². The molecule has 23 heavy (non-hydrogen) atoms. The van der Waals surface area contributed by atoms with E-state index in [2.05, 4.69) is 48.7 Å². The summed E-state index contributed by atoms with van der Waals surface area (Å²) in [6.07, 6.45) is 0.666. The Bertz CT molecular complexity index is 501. The van der Waals surface area contributed by atoms with Crippen LogP contribution in [0.3, 0.4) is 0 Å². The normalized spacial score (nSPS) is 13.5. The first-order valence-electron chi connectivity index (χ1n) is 8.36. The molecule has 4 nitrogen and oxygen atoms in total. The Morgan fingerprint density at radius 1 is 1.13 bits per heavy atom. The van der Waals surface area contributed by atoms with Gasteiger partial charge in [-0.2, -0.15) is 0 Å². The van der Waals surface area contributed by atoms with Crippen molar-refractivity contribution >= 4 is 6.09 Å². The van der Waals surface area contributed by atoms with E-state index in [1.165, 1.54) is 11.1 Å². The van der Waals surface area contributed by atoms with Crippen molar-refractivity contribution in [3.8, 4) is 0 Å². The van der Waals surface area contributed by atoms with E-state index in [-0.39, 0.29) is 17.7 Å². The lowest BCUT2D eigenvalue weighted by molar-refractivity contribution is 0.0471. The number of alkyl carbamates (subject to hydrolysis) is 1. The Hall–Kier alpha value is -1.55. The number of benzene rings is 1. The van der Waals surface area contributed by atoms with Crippen LogP contribution in [0.25, 0.3) is 0 Å². The molecule has 0 aliphatic heterocycles. The summed E-state index contributed by atoms with van der Waals surface area (Å²) < 4.78 is 5.31. The summed E-state index contributed by atoms with van der Waals surface area (Å²) in [7, 11) is 0. The molecule has 0 saturated carbocycles. The fourth-order valence-corrected chi connectivity index (χ4v) is 2.19. The largest absolute Gasteiger partial charge is 0.444 e. The Balaban J connectivity index is 2.52. The van der Waals surface area contributed by atoms with Gasteiger partial charge in [0, 0.05) is 12.6 Å². The third-order valence-electron chi connectivity index (χ3n) is 3.58. The van der Waals surface area contributed by atoms with E-state index >= 15 is 0 Å². The predicted octanol–water partition coefficient (Wildman–Crippen LogP) is 4.20. The van der Waals surface area contributed by atoms with Crippen LogP contribution in [-0.4, -0.2) is 23.8 Å². The maximum atomic E-state index is 11.9. The molecule has 1 aromatic rings. The average Bonchev–Trinajstić information content (AvgIpc) is 2.42. The molecule has 0 spiro atoms. The third-order valence-corrected chi connectivity index (χ3v) is 3.58. The van der Waals surface area contributed by atoms with Gasteiger partial charge in [0.2, 0.25) is 0 Å². The van der Waals surface area contributed by atoms with Crippen molar-refractivity contribution < 1.29 is 9.53 Å². The summed E-state index contributed by atoms with van der Waals surface area (Å²) in [5.41, 5.74) is 1.71. The van der Waals surface area contributed by atoms with Crippen LogP contribution in [0.2, 0.25) is 0 Å². The minimum absolute atomic E-state index is 0.223. The molecule has 0 saturated heterocycles. The molecular weight excluding hydrogens is 288 g/mol. The zero-order valence-corrected chi connectivity index (χ0v) is 15.6. The smallest absolute Gasteiger partial charge is 0.408 e. The van der Waals surface area contributed by atoms with Crippen molar-refractivity contribution in [1.29, 1.82) is 0 Å². The van der Waals surface area contributed by atoms with Crippen LogP contribution in [0.4, 0.5) is 4.79 Å². The molecule has 0 aliphatic rings. The van der Waals surface area contributed by atoms with Gasteiger partial charge in [0.05, 0.1) is 5.54 Å². The van der Waals surface area contributed by atoms with Gasteiger partial charge >= 0.3 is 6.09 Å². The number of carbonyl (C=O) groups excluding carboxylic acids is 1. The highest BCUT2D eigenvalue weighted by Gasteiger charge is 2.24. The van der Waals surface area contributed by atoms with E-state index in [0.717, 1.165) is 6.42 Å². The highest BCUT2D eigenvalue weighted by Crippen LogP contribution is 2.15. The van der Waals surface area contributed by atoms with Crippen LogP contribution in [0, 0.1) is 0 Å². The molecule has 130 valence electrons. The zero-order chi connectivity index (χ0) is 17.7. The van der Waals surface area contributed by atoms with Gasteiger partial charge in [0.1, 0.15) is 5.60 Å². The second-order valence-electron chi connectivity index (χ2n) is 7.71. The maximum absolute atomic E-state index is 11.9. The van der Waals surface area contributed by atoms with E-state index in [0.29, 0.717) is 6.54 Å². The number of hydrogen-bond donors (Lipinski definition) is 2. The summed E-state index contributed by atoms with van der Waals surface area (Å²) in [5, 5.41) is 6.39. The Morgan fingerprint density at radius 3 is 2.17 bits per heavy atom. The lowest BCUT2D eigenvalue weighted by Gasteiger charge is -2.30. The number of amides is 1. The molecule has 2 N–H and O–H groups in total. The summed E-state index contributed by atoms with van der Waals surface area (Å²) in [5.74, 6) is 0. The van der Waals surface area contributed by atoms with Crippen LogP contribution in [0.1, 0.15) is 65.6 Å². The van der Waals surface area contributed by atoms with E-state index < -0.39 is 5.60 Å². The lowest BCUT2D eigenvalue weighted by Crippen LogP contribution is -2.51. The van der Waals surface area contributed by atoms with E-state index in [1.54, 1.807) is 0 Å². The quantitative estimate of drug-likeness (QED) is 0.826. The summed E-state index contributed by atoms with van der Waals surface area (Å²) in [6.45, 7) is 14.5. The third kappa shape index (κ3) is 7.51. The number of carbonyl (C=O) groups is 1. The second-order valence-corrected chi connectivity index (χ2v) is 7.71. The number of rotatable bonds is 6. The van der Waals surface area contributed by atoms with Crippen molar-refractivity contribution in [3.63, 3.8) is 0 Å². The SMILES string of the molecule is CCc1ccc(C(C)NCC(C)(C)NC(=O)OC(C)(C)C)cc1. The fourth-order valence-electron chi connectivity index (χ4n) is 2.19. The minimum atomic E-state index is -0.484. The van der Waals surface area contributed by atoms with Gasteiger partial charge in [-0.15, -0.1) is 0 Å². The molecule has 0 fully saturated rings. The molecule has 0 bridgehead atoms. The van der Waals surface area contributed by atoms with E-state index in [4.69, 9.17) is 4.74 Å². The van der Waals surface area contributed by atoms with Crippen LogP contribution < -0.4 is 10.6 Å². The number of hydrogen-bond acceptors (Lipinski definition) is 3. The minimum Gasteiger partial charge on any atom is -0.444 e. The molecular formula is C19H32N2O2. The van der Waals surface area contributed by atoms with Crippen LogP contribution in [0.5, 0.6) is 0 Å². The van der Waals surface area contributed by atoms with Gasteiger partial charge in [-0.1, -0.05) is 31.2 Å². The molecule has 1 unspecified atom stereocenters. The zero-order valence-electron chi connectivity index (χ0n) is 15.6. The highest BCUT2D eigenvalue weighted by molar-refractivity contribution is 5.68. The van der Waals surface area contributed by atoms with Gasteiger partial charge in [0.15, 0.2) is 0 Å². The molecule has 1 amide bonds. The summed E-state index contributed by atoms with van der Waals surface area (Å²) >= 11 is 0. The topological polar surface area (TPSA) is 50.4 Å². The Labute approximate surface area is 141 Å². The Kier molecular flexibility index (Phi) is 6.63. The molecule has 0 aromatic heterocycles. The number of ether oxygens (including phenoxy) is 1. The first-order valence-corrected chi connectivity index (χ1v) is 8.36. The van der Waals surface area contributed by atoms with Gasteiger partial charge in [-0.05, 0) is 59.1 Å². The van der Waals surface area contributed by atoms with Crippen molar-refractivity contribution in [3.05, 3.63) is 35.4 Å². The Morgan fingerprint density at radius 2 is 1.70 bits per heavy atom.